The number of furan rings is 1. The fourth-order valence-electron chi connectivity index (χ4n) is 12.1. The second kappa shape index (κ2) is 15.7. The van der Waals surface area contributed by atoms with E-state index in [1.807, 2.05) is 0 Å². The molecule has 11 aromatic carbocycles. The van der Waals surface area contributed by atoms with Gasteiger partial charge in [-0.1, -0.05) is 172 Å². The molecule has 0 unspecified atom stereocenters. The zero-order valence-electron chi connectivity index (χ0n) is 39.2. The van der Waals surface area contributed by atoms with E-state index >= 15 is 0 Å². The Kier molecular flexibility index (Phi) is 9.06. The molecule has 332 valence electrons. The van der Waals surface area contributed by atoms with Gasteiger partial charge in [0.15, 0.2) is 0 Å². The number of benzene rings is 11. The quantitative estimate of drug-likeness (QED) is 0.149. The molecule has 12 aromatic rings. The predicted octanol–water partition coefficient (Wildman–Crippen LogP) is 18.6. The van der Waals surface area contributed by atoms with Crippen LogP contribution in [-0.2, 0) is 18.3 Å². The number of fused-ring (bicyclic) bond motifs is 14. The molecule has 1 aromatic heterocycles. The van der Waals surface area contributed by atoms with E-state index in [1.54, 1.807) is 0 Å². The van der Waals surface area contributed by atoms with Crippen LogP contribution in [0, 0.1) is 0 Å². The van der Waals surface area contributed by atoms with Crippen molar-refractivity contribution in [2.45, 2.75) is 32.1 Å². The van der Waals surface area contributed by atoms with Crippen molar-refractivity contribution < 1.29 is 4.42 Å². The van der Waals surface area contributed by atoms with E-state index in [0.29, 0.717) is 0 Å². The van der Waals surface area contributed by atoms with Crippen molar-refractivity contribution in [1.82, 2.24) is 0 Å². The van der Waals surface area contributed by atoms with Gasteiger partial charge in [-0.25, -0.2) is 0 Å². The lowest BCUT2D eigenvalue weighted by Crippen LogP contribution is -2.16. The molecular formula is C67H48N2O. The third kappa shape index (κ3) is 6.14. The van der Waals surface area contributed by atoms with Crippen molar-refractivity contribution in [1.29, 1.82) is 0 Å². The average Bonchev–Trinajstić information content (AvgIpc) is 3.91. The molecule has 0 spiro atoms. The Labute approximate surface area is 408 Å². The lowest BCUT2D eigenvalue weighted by Gasteiger charge is -2.32. The van der Waals surface area contributed by atoms with Gasteiger partial charge in [0.25, 0.3) is 0 Å². The van der Waals surface area contributed by atoms with Crippen LogP contribution in [0.5, 0.6) is 0 Å². The first-order chi connectivity index (χ1) is 34.5. The predicted molar refractivity (Wildman–Crippen MR) is 294 cm³/mol. The average molecular weight is 897 g/mol. The van der Waals surface area contributed by atoms with Crippen LogP contribution in [0.1, 0.15) is 36.1 Å². The number of nitrogens with zero attached hydrogens (tertiary/aromatic N) is 2. The third-order valence-corrected chi connectivity index (χ3v) is 15.3. The van der Waals surface area contributed by atoms with E-state index < -0.39 is 0 Å². The summed E-state index contributed by atoms with van der Waals surface area (Å²) < 4.78 is 7.24. The summed E-state index contributed by atoms with van der Waals surface area (Å²) in [6.45, 7) is 4.71. The van der Waals surface area contributed by atoms with E-state index in [2.05, 4.69) is 254 Å². The van der Waals surface area contributed by atoms with E-state index in [0.717, 1.165) is 74.0 Å². The molecule has 3 heteroatoms. The highest BCUT2D eigenvalue weighted by molar-refractivity contribution is 6.30. The Balaban J connectivity index is 0.959. The molecule has 0 atom stereocenters. The maximum atomic E-state index is 7.24. The molecule has 70 heavy (non-hydrogen) atoms. The number of hydrogen-bond donors (Lipinski definition) is 0. The lowest BCUT2D eigenvalue weighted by molar-refractivity contribution is 0.660. The fraction of sp³-hybridized carbons (Fsp3) is 0.0746. The van der Waals surface area contributed by atoms with Gasteiger partial charge in [-0.05, 0) is 146 Å². The number of rotatable bonds is 7. The minimum absolute atomic E-state index is 0.119. The number of hydrogen-bond acceptors (Lipinski definition) is 3. The first kappa shape index (κ1) is 40.4. The molecule has 0 saturated carbocycles. The van der Waals surface area contributed by atoms with Gasteiger partial charge in [0.1, 0.15) is 11.2 Å². The molecule has 14 rings (SSSR count). The van der Waals surface area contributed by atoms with Gasteiger partial charge in [-0.15, -0.1) is 0 Å². The van der Waals surface area contributed by atoms with Gasteiger partial charge in [-0.2, -0.15) is 0 Å². The first-order valence-corrected chi connectivity index (χ1v) is 24.5. The second-order valence-electron chi connectivity index (χ2n) is 19.5. The van der Waals surface area contributed by atoms with Crippen molar-refractivity contribution in [2.24, 2.45) is 0 Å². The Morgan fingerprint density at radius 2 is 0.986 bits per heavy atom. The summed E-state index contributed by atoms with van der Waals surface area (Å²) in [7, 11) is 0. The van der Waals surface area contributed by atoms with Crippen LogP contribution in [0.15, 0.2) is 235 Å². The summed E-state index contributed by atoms with van der Waals surface area (Å²) in [5.41, 5.74) is 21.5. The number of para-hydroxylation sites is 2. The molecule has 3 nitrogen and oxygen atoms in total. The maximum Gasteiger partial charge on any atom is 0.143 e. The third-order valence-electron chi connectivity index (χ3n) is 15.3. The molecule has 1 heterocycles. The van der Waals surface area contributed by atoms with E-state index in [9.17, 15) is 0 Å². The summed E-state index contributed by atoms with van der Waals surface area (Å²) in [5, 5.41) is 6.88. The molecule has 0 fully saturated rings. The lowest BCUT2D eigenvalue weighted by atomic mass is 9.82. The van der Waals surface area contributed by atoms with E-state index in [-0.39, 0.29) is 5.41 Å². The second-order valence-corrected chi connectivity index (χ2v) is 19.5. The van der Waals surface area contributed by atoms with Crippen LogP contribution in [0.25, 0.3) is 76.9 Å². The van der Waals surface area contributed by atoms with E-state index in [4.69, 9.17) is 4.42 Å². The highest BCUT2D eigenvalue weighted by Crippen LogP contribution is 2.52. The SMILES string of the molecule is CC1(C)c2ccccc2-c2ccc(N(c3ccccc3)c3ccc4c(c3)c3ccccc3c3c5ccc(N(c6ccccc6-c6ccccc6)c6cccc7c6CCc6ccccc6-7)cc5oc43)cc21. The van der Waals surface area contributed by atoms with Crippen LogP contribution < -0.4 is 9.80 Å². The zero-order chi connectivity index (χ0) is 46.5. The highest BCUT2D eigenvalue weighted by atomic mass is 16.3. The molecule has 0 N–H and O–H groups in total. The van der Waals surface area contributed by atoms with Crippen LogP contribution in [0.3, 0.4) is 0 Å². The summed E-state index contributed by atoms with van der Waals surface area (Å²) in [5.74, 6) is 0. The Bertz CT molecular complexity index is 4050. The monoisotopic (exact) mass is 896 g/mol. The van der Waals surface area contributed by atoms with Crippen molar-refractivity contribution in [2.75, 3.05) is 9.80 Å². The molecule has 2 aliphatic rings. The highest BCUT2D eigenvalue weighted by Gasteiger charge is 2.36. The molecule has 0 saturated heterocycles. The van der Waals surface area contributed by atoms with Crippen molar-refractivity contribution in [3.63, 3.8) is 0 Å². The molecule has 0 aliphatic heterocycles. The van der Waals surface area contributed by atoms with Crippen LogP contribution in [-0.4, -0.2) is 0 Å². The largest absolute Gasteiger partial charge is 0.455 e. The summed E-state index contributed by atoms with van der Waals surface area (Å²) in [6, 6.07) is 84.6. The van der Waals surface area contributed by atoms with Crippen LogP contribution >= 0.6 is 0 Å². The topological polar surface area (TPSA) is 19.6 Å². The summed E-state index contributed by atoms with van der Waals surface area (Å²) >= 11 is 0. The van der Waals surface area contributed by atoms with Gasteiger partial charge in [0, 0.05) is 61.6 Å². The number of anilines is 6. The smallest absolute Gasteiger partial charge is 0.143 e. The molecule has 2 aliphatic carbocycles. The van der Waals surface area contributed by atoms with Gasteiger partial charge < -0.3 is 14.2 Å². The van der Waals surface area contributed by atoms with Crippen molar-refractivity contribution >= 4 is 77.6 Å². The normalized spacial score (nSPS) is 13.3. The number of aryl methyl sites for hydroxylation is 1. The van der Waals surface area contributed by atoms with Crippen LogP contribution in [0.2, 0.25) is 0 Å². The molecule has 0 amide bonds. The maximum absolute atomic E-state index is 7.24. The van der Waals surface area contributed by atoms with Gasteiger partial charge in [-0.3, -0.25) is 0 Å². The van der Waals surface area contributed by atoms with Crippen molar-refractivity contribution in [3.05, 3.63) is 253 Å². The molecular weight excluding hydrogens is 849 g/mol. The molecule has 0 radical (unpaired) electrons. The Morgan fingerprint density at radius 1 is 0.371 bits per heavy atom. The minimum Gasteiger partial charge on any atom is -0.455 e. The summed E-state index contributed by atoms with van der Waals surface area (Å²) in [4.78, 5) is 4.88. The van der Waals surface area contributed by atoms with Gasteiger partial charge in [0.2, 0.25) is 0 Å². The van der Waals surface area contributed by atoms with Crippen molar-refractivity contribution in [3.8, 4) is 33.4 Å². The Morgan fingerprint density at radius 3 is 1.83 bits per heavy atom. The zero-order valence-corrected chi connectivity index (χ0v) is 39.2. The summed E-state index contributed by atoms with van der Waals surface area (Å²) in [6.07, 6.45) is 1.96. The van der Waals surface area contributed by atoms with E-state index in [1.165, 1.54) is 72.1 Å². The fourth-order valence-corrected chi connectivity index (χ4v) is 12.1. The minimum atomic E-state index is -0.119. The van der Waals surface area contributed by atoms with Gasteiger partial charge >= 0.3 is 0 Å². The Hall–Kier alpha value is -8.66. The standard InChI is InChI=1S/C67H48N2O/c1-67(2)60-29-15-13-26-53(60)54-37-33-47(41-61(54)67)68(45-21-7-4-8-22-45)46-34-38-57-59(40-46)52-25-11-12-27-56(52)65-58-39-35-48(42-64(58)70-66(57)65)69(62-30-16-14-24-50(62)43-18-5-3-6-19-43)63-31-17-28-51-49-23-10-9-20-44(49)32-36-55(51)63/h3-31,33-35,37-42H,32,36H2,1-2H3. The van der Waals surface area contributed by atoms with Crippen LogP contribution in [0.4, 0.5) is 34.1 Å². The van der Waals surface area contributed by atoms with Gasteiger partial charge in [0.05, 0.1) is 5.69 Å². The molecule has 0 bridgehead atoms. The first-order valence-electron chi connectivity index (χ1n) is 24.5.